The minimum absolute atomic E-state index is 0.0127. The van der Waals surface area contributed by atoms with Gasteiger partial charge in [-0.1, -0.05) is 40.0 Å². The van der Waals surface area contributed by atoms with Crippen molar-refractivity contribution in [2.24, 2.45) is 5.92 Å². The average molecular weight is 325 g/mol. The summed E-state index contributed by atoms with van der Waals surface area (Å²) >= 11 is 0. The van der Waals surface area contributed by atoms with Crippen LogP contribution in [0.2, 0.25) is 0 Å². The van der Waals surface area contributed by atoms with Crippen LogP contribution in [0.4, 0.5) is 4.79 Å². The van der Waals surface area contributed by atoms with Crippen molar-refractivity contribution in [2.45, 2.75) is 109 Å². The summed E-state index contributed by atoms with van der Waals surface area (Å²) in [6, 6.07) is 0.309. The van der Waals surface area contributed by atoms with Gasteiger partial charge in [-0.05, 0) is 39.5 Å². The second-order valence-electron chi connectivity index (χ2n) is 8.23. The molecule has 2 aliphatic rings. The van der Waals surface area contributed by atoms with Gasteiger partial charge in [-0.15, -0.1) is 0 Å². The highest BCUT2D eigenvalue weighted by Gasteiger charge is 2.47. The summed E-state index contributed by atoms with van der Waals surface area (Å²) in [5, 5.41) is 6.92. The Balaban J connectivity index is 1.99. The smallest absolute Gasteiger partial charge is 0.407 e. The Hall–Kier alpha value is -0.770. The summed E-state index contributed by atoms with van der Waals surface area (Å²) in [7, 11) is 0. The minimum atomic E-state index is -0.215. The van der Waals surface area contributed by atoms with Gasteiger partial charge < -0.3 is 15.4 Å². The van der Waals surface area contributed by atoms with E-state index in [2.05, 4.69) is 45.3 Å². The molecule has 1 amide bonds. The van der Waals surface area contributed by atoms with Crippen LogP contribution in [-0.2, 0) is 4.74 Å². The Morgan fingerprint density at radius 2 is 1.83 bits per heavy atom. The zero-order valence-corrected chi connectivity index (χ0v) is 15.7. The Labute approximate surface area is 142 Å². The third kappa shape index (κ3) is 4.40. The number of hydrogen-bond donors (Lipinski definition) is 2. The van der Waals surface area contributed by atoms with Crippen LogP contribution in [0.1, 0.15) is 86.0 Å². The third-order valence-electron chi connectivity index (χ3n) is 6.50. The van der Waals surface area contributed by atoms with E-state index in [4.69, 9.17) is 4.74 Å². The highest BCUT2D eigenvalue weighted by molar-refractivity contribution is 5.67. The number of nitrogens with one attached hydrogen (secondary N) is 2. The van der Waals surface area contributed by atoms with E-state index in [1.165, 1.54) is 19.3 Å². The molecule has 1 saturated carbocycles. The molecule has 134 valence electrons. The van der Waals surface area contributed by atoms with Crippen LogP contribution >= 0.6 is 0 Å². The van der Waals surface area contributed by atoms with Crippen molar-refractivity contribution in [3.63, 3.8) is 0 Å². The van der Waals surface area contributed by atoms with E-state index < -0.39 is 0 Å². The lowest BCUT2D eigenvalue weighted by Gasteiger charge is -2.52. The van der Waals surface area contributed by atoms with Gasteiger partial charge in [-0.2, -0.15) is 0 Å². The molecule has 2 rings (SSSR count). The molecule has 1 aliphatic heterocycles. The zero-order valence-electron chi connectivity index (χ0n) is 15.7. The van der Waals surface area contributed by atoms with Gasteiger partial charge in [-0.3, -0.25) is 0 Å². The Morgan fingerprint density at radius 3 is 2.39 bits per heavy atom. The minimum Gasteiger partial charge on any atom is -0.446 e. The van der Waals surface area contributed by atoms with Crippen molar-refractivity contribution in [1.29, 1.82) is 0 Å². The number of amides is 1. The van der Waals surface area contributed by atoms with E-state index in [1.807, 2.05) is 0 Å². The SMILES string of the molecule is CCC1(C)CC(OC(=O)NC2CCCCC2)C(C)C(C)(CC)N1. The van der Waals surface area contributed by atoms with E-state index in [1.54, 1.807) is 0 Å². The average Bonchev–Trinajstić information content (AvgIpc) is 2.53. The first-order valence-electron chi connectivity index (χ1n) is 9.58. The fourth-order valence-corrected chi connectivity index (χ4v) is 4.26. The molecule has 0 aromatic rings. The molecular weight excluding hydrogens is 288 g/mol. The number of hydrogen-bond acceptors (Lipinski definition) is 3. The molecule has 0 aromatic heterocycles. The molecule has 2 N–H and O–H groups in total. The Kier molecular flexibility index (Phi) is 5.99. The van der Waals surface area contributed by atoms with Crippen LogP contribution in [0, 0.1) is 5.92 Å². The molecule has 0 bridgehead atoms. The van der Waals surface area contributed by atoms with E-state index in [-0.39, 0.29) is 23.3 Å². The maximum Gasteiger partial charge on any atom is 0.407 e. The first-order valence-corrected chi connectivity index (χ1v) is 9.58. The topological polar surface area (TPSA) is 50.4 Å². The maximum absolute atomic E-state index is 12.4. The summed E-state index contributed by atoms with van der Waals surface area (Å²) in [4.78, 5) is 12.4. The molecule has 4 nitrogen and oxygen atoms in total. The molecule has 4 atom stereocenters. The molecule has 0 spiro atoms. The molecule has 23 heavy (non-hydrogen) atoms. The number of rotatable bonds is 4. The van der Waals surface area contributed by atoms with Gasteiger partial charge in [0.1, 0.15) is 6.10 Å². The number of carbonyl (C=O) groups excluding carboxylic acids is 1. The van der Waals surface area contributed by atoms with Crippen molar-refractivity contribution in [3.8, 4) is 0 Å². The molecular formula is C19H36N2O2. The van der Waals surface area contributed by atoms with Crippen molar-refractivity contribution in [2.75, 3.05) is 0 Å². The van der Waals surface area contributed by atoms with Crippen molar-refractivity contribution in [3.05, 3.63) is 0 Å². The van der Waals surface area contributed by atoms with Crippen LogP contribution < -0.4 is 10.6 Å². The molecule has 1 saturated heterocycles. The molecule has 1 heterocycles. The maximum atomic E-state index is 12.4. The quantitative estimate of drug-likeness (QED) is 0.807. The van der Waals surface area contributed by atoms with Gasteiger partial charge in [0.15, 0.2) is 0 Å². The van der Waals surface area contributed by atoms with Crippen molar-refractivity contribution in [1.82, 2.24) is 10.6 Å². The summed E-state index contributed by atoms with van der Waals surface area (Å²) in [6.45, 7) is 11.1. The number of carbonyl (C=O) groups is 1. The third-order valence-corrected chi connectivity index (χ3v) is 6.50. The Bertz CT molecular complexity index is 408. The van der Waals surface area contributed by atoms with Gasteiger partial charge in [-0.25, -0.2) is 4.79 Å². The van der Waals surface area contributed by atoms with Crippen LogP contribution in [0.5, 0.6) is 0 Å². The first kappa shape index (κ1) is 18.6. The lowest BCUT2D eigenvalue weighted by Crippen LogP contribution is -2.66. The fraction of sp³-hybridized carbons (Fsp3) is 0.947. The summed E-state index contributed by atoms with van der Waals surface area (Å²) in [5.41, 5.74) is 0.0475. The lowest BCUT2D eigenvalue weighted by atomic mass is 9.70. The summed E-state index contributed by atoms with van der Waals surface area (Å²) in [6.07, 6.45) is 8.65. The highest BCUT2D eigenvalue weighted by Crippen LogP contribution is 2.38. The summed E-state index contributed by atoms with van der Waals surface area (Å²) in [5.74, 6) is 0.309. The molecule has 4 heteroatoms. The van der Waals surface area contributed by atoms with Crippen molar-refractivity contribution >= 4 is 6.09 Å². The normalized spacial score (nSPS) is 39.0. The van der Waals surface area contributed by atoms with Gasteiger partial charge >= 0.3 is 6.09 Å². The monoisotopic (exact) mass is 324 g/mol. The molecule has 1 aliphatic carbocycles. The number of ether oxygens (including phenoxy) is 1. The number of alkyl carbamates (subject to hydrolysis) is 1. The van der Waals surface area contributed by atoms with E-state index in [0.717, 1.165) is 32.1 Å². The van der Waals surface area contributed by atoms with Gasteiger partial charge in [0.05, 0.1) is 0 Å². The van der Waals surface area contributed by atoms with Gasteiger partial charge in [0, 0.05) is 29.5 Å². The zero-order chi connectivity index (χ0) is 17.1. The Morgan fingerprint density at radius 1 is 1.17 bits per heavy atom. The lowest BCUT2D eigenvalue weighted by molar-refractivity contribution is -0.0381. The van der Waals surface area contributed by atoms with Gasteiger partial charge in [0.25, 0.3) is 0 Å². The second kappa shape index (κ2) is 7.42. The van der Waals surface area contributed by atoms with Crippen LogP contribution in [0.3, 0.4) is 0 Å². The first-order chi connectivity index (χ1) is 10.8. The van der Waals surface area contributed by atoms with E-state index >= 15 is 0 Å². The van der Waals surface area contributed by atoms with E-state index in [0.29, 0.717) is 12.0 Å². The van der Waals surface area contributed by atoms with Gasteiger partial charge in [0.2, 0.25) is 0 Å². The van der Waals surface area contributed by atoms with Crippen LogP contribution in [-0.4, -0.2) is 29.3 Å². The van der Waals surface area contributed by atoms with Crippen LogP contribution in [0.15, 0.2) is 0 Å². The molecule has 2 fully saturated rings. The summed E-state index contributed by atoms with van der Waals surface area (Å²) < 4.78 is 5.91. The van der Waals surface area contributed by atoms with Crippen LogP contribution in [0.25, 0.3) is 0 Å². The largest absolute Gasteiger partial charge is 0.446 e. The number of piperidine rings is 1. The predicted molar refractivity (Wildman–Crippen MR) is 94.6 cm³/mol. The molecule has 0 radical (unpaired) electrons. The second-order valence-corrected chi connectivity index (χ2v) is 8.23. The highest BCUT2D eigenvalue weighted by atomic mass is 16.6. The fourth-order valence-electron chi connectivity index (χ4n) is 4.26. The molecule has 0 aromatic carbocycles. The van der Waals surface area contributed by atoms with Crippen molar-refractivity contribution < 1.29 is 9.53 Å². The standard InChI is InChI=1S/C19H36N2O2/c1-6-18(4)13-16(14(3)19(5,7-2)21-18)23-17(22)20-15-11-9-8-10-12-15/h14-16,21H,6-13H2,1-5H3,(H,20,22). The predicted octanol–water partition coefficient (Wildman–Crippen LogP) is 4.38. The molecule has 4 unspecified atom stereocenters. The van der Waals surface area contributed by atoms with E-state index in [9.17, 15) is 4.79 Å².